The number of ether oxygens (including phenoxy) is 1. The summed E-state index contributed by atoms with van der Waals surface area (Å²) in [5.41, 5.74) is 0.894. The standard InChI is InChI=1S/C16H16F2N2O3S/c17-16(18)23-13-6-4-12(5-7-13)8-9-19-14(21)11-24-15-3-1-2-10-20(15)22/h1-7,10,16H,8-9,11H2,(H,19,21). The lowest BCUT2D eigenvalue weighted by molar-refractivity contribution is -0.645. The van der Waals surface area contributed by atoms with E-state index in [4.69, 9.17) is 0 Å². The van der Waals surface area contributed by atoms with Crippen LogP contribution in [0.5, 0.6) is 5.75 Å². The number of halogens is 2. The van der Waals surface area contributed by atoms with Gasteiger partial charge in [-0.2, -0.15) is 13.5 Å². The molecule has 5 nitrogen and oxygen atoms in total. The minimum absolute atomic E-state index is 0.1000. The van der Waals surface area contributed by atoms with E-state index in [-0.39, 0.29) is 17.4 Å². The second-order valence-corrected chi connectivity index (χ2v) is 5.77. The molecule has 1 N–H and O–H groups in total. The van der Waals surface area contributed by atoms with Crippen LogP contribution in [-0.2, 0) is 11.2 Å². The summed E-state index contributed by atoms with van der Waals surface area (Å²) in [6, 6.07) is 11.3. The molecule has 0 saturated heterocycles. The van der Waals surface area contributed by atoms with Gasteiger partial charge in [0, 0.05) is 18.7 Å². The molecule has 1 heterocycles. The van der Waals surface area contributed by atoms with E-state index < -0.39 is 6.61 Å². The lowest BCUT2D eigenvalue weighted by atomic mass is 10.1. The number of nitrogens with one attached hydrogen (secondary N) is 1. The number of nitrogens with zero attached hydrogens (tertiary/aromatic N) is 1. The third-order valence-corrected chi connectivity index (χ3v) is 4.04. The van der Waals surface area contributed by atoms with Crippen molar-refractivity contribution in [2.45, 2.75) is 18.1 Å². The number of pyridine rings is 1. The van der Waals surface area contributed by atoms with Gasteiger partial charge in [0.1, 0.15) is 5.75 Å². The highest BCUT2D eigenvalue weighted by molar-refractivity contribution is 7.99. The number of thioether (sulfide) groups is 1. The maximum absolute atomic E-state index is 12.0. The lowest BCUT2D eigenvalue weighted by Gasteiger charge is -2.07. The average molecular weight is 354 g/mol. The summed E-state index contributed by atoms with van der Waals surface area (Å²) < 4.78 is 29.1. The normalized spacial score (nSPS) is 10.6. The molecule has 0 bridgehead atoms. The summed E-state index contributed by atoms with van der Waals surface area (Å²) in [5, 5.41) is 14.6. The highest BCUT2D eigenvalue weighted by Crippen LogP contribution is 2.15. The SMILES string of the molecule is O=C(CSc1cccc[n+]1[O-])NCCc1ccc(OC(F)F)cc1. The molecule has 1 aromatic carbocycles. The molecule has 0 aliphatic rings. The summed E-state index contributed by atoms with van der Waals surface area (Å²) in [6.45, 7) is -2.43. The first-order valence-electron chi connectivity index (χ1n) is 7.16. The van der Waals surface area contributed by atoms with Gasteiger partial charge in [0.25, 0.3) is 5.03 Å². The van der Waals surface area contributed by atoms with E-state index in [0.717, 1.165) is 17.3 Å². The Morgan fingerprint density at radius 3 is 2.67 bits per heavy atom. The van der Waals surface area contributed by atoms with E-state index in [1.165, 1.54) is 18.3 Å². The van der Waals surface area contributed by atoms with Crippen LogP contribution in [0.15, 0.2) is 53.7 Å². The zero-order chi connectivity index (χ0) is 17.4. The zero-order valence-corrected chi connectivity index (χ0v) is 13.5. The number of amides is 1. The molecule has 24 heavy (non-hydrogen) atoms. The second kappa shape index (κ2) is 9.07. The number of hydrogen-bond donors (Lipinski definition) is 1. The molecule has 128 valence electrons. The summed E-state index contributed by atoms with van der Waals surface area (Å²) >= 11 is 1.16. The summed E-state index contributed by atoms with van der Waals surface area (Å²) in [6.07, 6.45) is 1.94. The van der Waals surface area contributed by atoms with Crippen molar-refractivity contribution in [1.29, 1.82) is 0 Å². The molecule has 0 spiro atoms. The molecule has 0 fully saturated rings. The van der Waals surface area contributed by atoms with Gasteiger partial charge >= 0.3 is 6.61 Å². The van der Waals surface area contributed by atoms with Crippen LogP contribution in [0.1, 0.15) is 5.56 Å². The quantitative estimate of drug-likeness (QED) is 0.449. The highest BCUT2D eigenvalue weighted by Gasteiger charge is 2.08. The van der Waals surface area contributed by atoms with Crippen LogP contribution in [0, 0.1) is 5.21 Å². The van der Waals surface area contributed by atoms with Gasteiger partial charge in [-0.05, 0) is 41.9 Å². The van der Waals surface area contributed by atoms with E-state index >= 15 is 0 Å². The van der Waals surface area contributed by atoms with Gasteiger partial charge in [-0.1, -0.05) is 12.1 Å². The molecule has 2 aromatic rings. The lowest BCUT2D eigenvalue weighted by Crippen LogP contribution is -2.30. The Bertz CT molecular complexity index is 669. The summed E-state index contributed by atoms with van der Waals surface area (Å²) in [5.74, 6) is 0.0671. The highest BCUT2D eigenvalue weighted by atomic mass is 32.2. The van der Waals surface area contributed by atoms with Gasteiger partial charge in [-0.25, -0.2) is 0 Å². The van der Waals surface area contributed by atoms with Crippen LogP contribution in [0.3, 0.4) is 0 Å². The van der Waals surface area contributed by atoms with Crippen molar-refractivity contribution >= 4 is 17.7 Å². The number of carbonyl (C=O) groups excluding carboxylic acids is 1. The van der Waals surface area contributed by atoms with Crippen molar-refractivity contribution in [3.8, 4) is 5.75 Å². The Hall–Kier alpha value is -2.35. The van der Waals surface area contributed by atoms with Crippen molar-refractivity contribution in [2.75, 3.05) is 12.3 Å². The van der Waals surface area contributed by atoms with Crippen LogP contribution >= 0.6 is 11.8 Å². The largest absolute Gasteiger partial charge is 0.618 e. The first kappa shape index (κ1) is 18.0. The van der Waals surface area contributed by atoms with Crippen molar-refractivity contribution in [1.82, 2.24) is 5.32 Å². The maximum Gasteiger partial charge on any atom is 0.387 e. The minimum Gasteiger partial charge on any atom is -0.618 e. The predicted octanol–water partition coefficient (Wildman–Crippen LogP) is 2.37. The number of carbonyl (C=O) groups is 1. The third-order valence-electron chi connectivity index (χ3n) is 3.02. The van der Waals surface area contributed by atoms with Gasteiger partial charge in [0.05, 0.1) is 5.75 Å². The molecule has 0 saturated carbocycles. The van der Waals surface area contributed by atoms with Crippen LogP contribution in [0.2, 0.25) is 0 Å². The van der Waals surface area contributed by atoms with Crippen LogP contribution < -0.4 is 14.8 Å². The van der Waals surface area contributed by atoms with E-state index in [0.29, 0.717) is 22.7 Å². The fourth-order valence-electron chi connectivity index (χ4n) is 1.90. The number of rotatable bonds is 8. The van der Waals surface area contributed by atoms with Crippen molar-refractivity contribution < 1.29 is 23.0 Å². The van der Waals surface area contributed by atoms with Gasteiger partial charge in [-0.3, -0.25) is 4.79 Å². The number of aromatic nitrogens is 1. The van der Waals surface area contributed by atoms with Crippen molar-refractivity contribution in [2.24, 2.45) is 0 Å². The first-order valence-corrected chi connectivity index (χ1v) is 8.14. The first-order chi connectivity index (χ1) is 11.5. The van der Waals surface area contributed by atoms with Crippen LogP contribution in [-0.4, -0.2) is 24.8 Å². The van der Waals surface area contributed by atoms with Gasteiger partial charge < -0.3 is 15.3 Å². The molecule has 1 aromatic heterocycles. The molecule has 0 radical (unpaired) electrons. The summed E-state index contributed by atoms with van der Waals surface area (Å²) in [4.78, 5) is 11.7. The van der Waals surface area contributed by atoms with E-state index in [2.05, 4.69) is 10.1 Å². The second-order valence-electron chi connectivity index (χ2n) is 4.78. The maximum atomic E-state index is 12.0. The number of hydrogen-bond acceptors (Lipinski definition) is 4. The monoisotopic (exact) mass is 354 g/mol. The topological polar surface area (TPSA) is 65.3 Å². The van der Waals surface area contributed by atoms with Crippen LogP contribution in [0.25, 0.3) is 0 Å². The predicted molar refractivity (Wildman–Crippen MR) is 85.9 cm³/mol. The smallest absolute Gasteiger partial charge is 0.387 e. The Labute approximate surface area is 142 Å². The molecule has 0 aliphatic carbocycles. The average Bonchev–Trinajstić information content (AvgIpc) is 2.55. The minimum atomic E-state index is -2.84. The molecule has 1 amide bonds. The molecule has 0 unspecified atom stereocenters. The molecular weight excluding hydrogens is 338 g/mol. The Balaban J connectivity index is 1.70. The third kappa shape index (κ3) is 6.04. The van der Waals surface area contributed by atoms with E-state index in [1.807, 2.05) is 0 Å². The van der Waals surface area contributed by atoms with Crippen LogP contribution in [0.4, 0.5) is 8.78 Å². The number of alkyl halides is 2. The summed E-state index contributed by atoms with van der Waals surface area (Å²) in [7, 11) is 0. The van der Waals surface area contributed by atoms with E-state index in [1.54, 1.807) is 30.3 Å². The molecule has 0 atom stereocenters. The van der Waals surface area contributed by atoms with Gasteiger partial charge in [0.15, 0.2) is 6.20 Å². The fourth-order valence-corrected chi connectivity index (χ4v) is 2.64. The molecule has 2 rings (SSSR count). The van der Waals surface area contributed by atoms with E-state index in [9.17, 15) is 18.8 Å². The molecular formula is C16H16F2N2O3S. The zero-order valence-electron chi connectivity index (χ0n) is 12.7. The van der Waals surface area contributed by atoms with Crippen molar-refractivity contribution in [3.05, 3.63) is 59.4 Å². The van der Waals surface area contributed by atoms with Crippen molar-refractivity contribution in [3.63, 3.8) is 0 Å². The van der Waals surface area contributed by atoms with Gasteiger partial charge in [0.2, 0.25) is 5.91 Å². The fraction of sp³-hybridized carbons (Fsp3) is 0.250. The molecule has 8 heteroatoms. The Morgan fingerprint density at radius 1 is 1.25 bits per heavy atom. The molecule has 0 aliphatic heterocycles. The number of benzene rings is 1. The Kier molecular flexibility index (Phi) is 6.80. The van der Waals surface area contributed by atoms with Gasteiger partial charge in [-0.15, -0.1) is 0 Å². The Morgan fingerprint density at radius 2 is 2.00 bits per heavy atom.